The molecule has 1 aromatic rings. The van der Waals surface area contributed by atoms with Gasteiger partial charge in [-0.2, -0.15) is 8.42 Å². The van der Waals surface area contributed by atoms with Crippen LogP contribution in [-0.2, 0) is 29.9 Å². The third-order valence-corrected chi connectivity index (χ3v) is 0.667. The molecule has 0 radical (unpaired) electrons. The van der Waals surface area contributed by atoms with E-state index in [-0.39, 0.29) is 19.5 Å². The van der Waals surface area contributed by atoms with Crippen molar-refractivity contribution in [3.63, 3.8) is 0 Å². The van der Waals surface area contributed by atoms with E-state index in [9.17, 15) is 0 Å². The average Bonchev–Trinajstić information content (AvgIpc) is 1.88. The molecule has 2 N–H and O–H groups in total. The second-order valence-corrected chi connectivity index (χ2v) is 2.50. The summed E-state index contributed by atoms with van der Waals surface area (Å²) >= 11 is 0. The van der Waals surface area contributed by atoms with Gasteiger partial charge >= 0.3 is 10.4 Å². The molecule has 12 heavy (non-hydrogen) atoms. The van der Waals surface area contributed by atoms with E-state index in [1.807, 2.05) is 36.4 Å². The minimum Gasteiger partial charge on any atom is -0.264 e. The van der Waals surface area contributed by atoms with Crippen LogP contribution >= 0.6 is 0 Å². The van der Waals surface area contributed by atoms with E-state index in [1.54, 1.807) is 0 Å². The quantitative estimate of drug-likeness (QED) is 0.526. The summed E-state index contributed by atoms with van der Waals surface area (Å²) in [7, 11) is -4.67. The van der Waals surface area contributed by atoms with Crippen molar-refractivity contribution < 1.29 is 37.0 Å². The van der Waals surface area contributed by atoms with Crippen molar-refractivity contribution >= 4 is 10.4 Å². The van der Waals surface area contributed by atoms with Gasteiger partial charge < -0.3 is 0 Å². The van der Waals surface area contributed by atoms with Gasteiger partial charge in [-0.05, 0) is 0 Å². The van der Waals surface area contributed by atoms with Gasteiger partial charge in [0.25, 0.3) is 0 Å². The van der Waals surface area contributed by atoms with E-state index in [1.165, 1.54) is 0 Å². The first-order chi connectivity index (χ1) is 5.00. The maximum Gasteiger partial charge on any atom is 0.394 e. The van der Waals surface area contributed by atoms with Crippen LogP contribution in [0.1, 0.15) is 0 Å². The van der Waals surface area contributed by atoms with Crippen LogP contribution in [0, 0.1) is 0 Å². The fraction of sp³-hybridized carbons (Fsp3) is 0. The van der Waals surface area contributed by atoms with Crippen molar-refractivity contribution in [3.8, 4) is 0 Å². The monoisotopic (exact) mass is 240 g/mol. The molecule has 0 amide bonds. The molecule has 0 bridgehead atoms. The van der Waals surface area contributed by atoms with Crippen LogP contribution in [0.4, 0.5) is 0 Å². The largest absolute Gasteiger partial charge is 0.394 e. The third kappa shape index (κ3) is 22.6. The van der Waals surface area contributed by atoms with Crippen molar-refractivity contribution in [2.75, 3.05) is 0 Å². The molecule has 0 aliphatic carbocycles. The summed E-state index contributed by atoms with van der Waals surface area (Å²) in [6.45, 7) is 0. The molecule has 0 heterocycles. The number of hydrogen-bond acceptors (Lipinski definition) is 2. The van der Waals surface area contributed by atoms with E-state index in [2.05, 4.69) is 0 Å². The Morgan fingerprint density at radius 3 is 0.917 bits per heavy atom. The molecule has 64 valence electrons. The molecule has 0 aliphatic rings. The van der Waals surface area contributed by atoms with Crippen molar-refractivity contribution in [2.24, 2.45) is 0 Å². The molecule has 0 aliphatic heterocycles. The first kappa shape index (κ1) is 14.2. The number of benzene rings is 1. The normalized spacial score (nSPS) is 8.83. The number of hydrogen-bond donors (Lipinski definition) is 2. The van der Waals surface area contributed by atoms with Gasteiger partial charge in [0.05, 0.1) is 0 Å². The second-order valence-electron chi connectivity index (χ2n) is 1.60. The molecule has 1 aromatic carbocycles. The Morgan fingerprint density at radius 2 is 0.833 bits per heavy atom. The summed E-state index contributed by atoms with van der Waals surface area (Å²) in [5.41, 5.74) is 0. The molecule has 0 aromatic heterocycles. The average molecular weight is 242 g/mol. The van der Waals surface area contributed by atoms with Gasteiger partial charge in [0.15, 0.2) is 0 Å². The van der Waals surface area contributed by atoms with Crippen LogP contribution in [0.2, 0.25) is 0 Å². The van der Waals surface area contributed by atoms with E-state index in [0.717, 1.165) is 0 Å². The Morgan fingerprint density at radius 1 is 0.750 bits per heavy atom. The van der Waals surface area contributed by atoms with Crippen molar-refractivity contribution in [1.29, 1.82) is 0 Å². The predicted molar refractivity (Wildman–Crippen MR) is 40.6 cm³/mol. The standard InChI is InChI=1S/C6H6.H2O4S.Zn/c1-2-4-6-5-3-1;1-5(2,3)4;/h1-6H;(H2,1,2,3,4);. The molecule has 0 spiro atoms. The van der Waals surface area contributed by atoms with Crippen LogP contribution in [0.3, 0.4) is 0 Å². The maximum atomic E-state index is 8.74. The Labute approximate surface area is 84.0 Å². The zero-order chi connectivity index (χ0) is 8.74. The molecule has 4 nitrogen and oxygen atoms in total. The maximum absolute atomic E-state index is 8.74. The molecule has 0 atom stereocenters. The minimum atomic E-state index is -4.67. The summed E-state index contributed by atoms with van der Waals surface area (Å²) in [5, 5.41) is 0. The molecule has 0 saturated heterocycles. The summed E-state index contributed by atoms with van der Waals surface area (Å²) in [4.78, 5) is 0. The van der Waals surface area contributed by atoms with Crippen LogP contribution in [0.25, 0.3) is 0 Å². The smallest absolute Gasteiger partial charge is 0.264 e. The van der Waals surface area contributed by atoms with Gasteiger partial charge in [0, 0.05) is 19.5 Å². The summed E-state index contributed by atoms with van der Waals surface area (Å²) in [5.74, 6) is 0. The van der Waals surface area contributed by atoms with E-state index in [0.29, 0.717) is 0 Å². The van der Waals surface area contributed by atoms with Gasteiger partial charge in [-0.1, -0.05) is 36.4 Å². The van der Waals surface area contributed by atoms with Gasteiger partial charge in [-0.15, -0.1) is 0 Å². The predicted octanol–water partition coefficient (Wildman–Crippen LogP) is 1.03. The van der Waals surface area contributed by atoms with E-state index in [4.69, 9.17) is 17.5 Å². The molecular formula is C6H8O4SZn. The van der Waals surface area contributed by atoms with Crippen LogP contribution < -0.4 is 0 Å². The number of rotatable bonds is 0. The Hall–Kier alpha value is -0.287. The SMILES string of the molecule is O=S(=O)(O)O.[Zn].c1ccccc1. The summed E-state index contributed by atoms with van der Waals surface area (Å²) < 4.78 is 31.6. The fourth-order valence-electron chi connectivity index (χ4n) is 0.385. The first-order valence-corrected chi connectivity index (χ1v) is 4.10. The molecule has 6 heteroatoms. The molecule has 1 rings (SSSR count). The Bertz CT molecular complexity index is 236. The van der Waals surface area contributed by atoms with Crippen molar-refractivity contribution in [1.82, 2.24) is 0 Å². The molecular weight excluding hydrogens is 234 g/mol. The summed E-state index contributed by atoms with van der Waals surface area (Å²) in [6.07, 6.45) is 0. The Balaban J connectivity index is 0. The van der Waals surface area contributed by atoms with E-state index < -0.39 is 10.4 Å². The second kappa shape index (κ2) is 7.37. The topological polar surface area (TPSA) is 74.6 Å². The van der Waals surface area contributed by atoms with E-state index >= 15 is 0 Å². The first-order valence-electron chi connectivity index (χ1n) is 2.70. The zero-order valence-corrected chi connectivity index (χ0v) is 10.1. The molecule has 0 fully saturated rings. The Kier molecular flexibility index (Phi) is 8.75. The van der Waals surface area contributed by atoms with Crippen molar-refractivity contribution in [3.05, 3.63) is 36.4 Å². The van der Waals surface area contributed by atoms with Gasteiger partial charge in [-0.25, -0.2) is 0 Å². The van der Waals surface area contributed by atoms with Gasteiger partial charge in [0.1, 0.15) is 0 Å². The fourth-order valence-corrected chi connectivity index (χ4v) is 0.385. The van der Waals surface area contributed by atoms with Gasteiger partial charge in [-0.3, -0.25) is 9.11 Å². The van der Waals surface area contributed by atoms with Crippen molar-refractivity contribution in [2.45, 2.75) is 0 Å². The zero-order valence-electron chi connectivity index (χ0n) is 6.29. The summed E-state index contributed by atoms with van der Waals surface area (Å²) in [6, 6.07) is 12.0. The van der Waals surface area contributed by atoms with Crippen LogP contribution in [-0.4, -0.2) is 17.5 Å². The minimum absolute atomic E-state index is 0. The van der Waals surface area contributed by atoms with Gasteiger partial charge in [0.2, 0.25) is 0 Å². The van der Waals surface area contributed by atoms with Crippen LogP contribution in [0.15, 0.2) is 36.4 Å². The molecule has 0 unspecified atom stereocenters. The molecule has 0 saturated carbocycles. The third-order valence-electron chi connectivity index (χ3n) is 0.667. The van der Waals surface area contributed by atoms with Crippen LogP contribution in [0.5, 0.6) is 0 Å².